The third-order valence-corrected chi connectivity index (χ3v) is 3.63. The second-order valence-corrected chi connectivity index (χ2v) is 7.13. The Kier molecular flexibility index (Phi) is 24.6. The summed E-state index contributed by atoms with van der Waals surface area (Å²) in [6.45, 7) is 15.6. The molecule has 0 rings (SSSR count). The molecular formula is C21H46O5. The van der Waals surface area contributed by atoms with E-state index in [1.807, 2.05) is 0 Å². The highest BCUT2D eigenvalue weighted by molar-refractivity contribution is 4.45. The molecule has 0 aliphatic carbocycles. The highest BCUT2D eigenvalue weighted by Crippen LogP contribution is 2.03. The normalized spacial score (nSPS) is 11.3. The zero-order valence-corrected chi connectivity index (χ0v) is 17.1. The van der Waals surface area contributed by atoms with Gasteiger partial charge in [0.2, 0.25) is 0 Å². The van der Waals surface area contributed by atoms with Crippen LogP contribution in [0.15, 0.2) is 0 Å². The number of ether oxygens (including phenoxy) is 5. The first kappa shape index (κ1) is 28.0. The van der Waals surface area contributed by atoms with Crippen LogP contribution in [0.5, 0.6) is 0 Å². The molecule has 0 saturated carbocycles. The summed E-state index contributed by atoms with van der Waals surface area (Å²) in [6.07, 6.45) is 4.70. The summed E-state index contributed by atoms with van der Waals surface area (Å²) in [4.78, 5) is 0. The minimum Gasteiger partial charge on any atom is -0.379 e. The van der Waals surface area contributed by atoms with Crippen molar-refractivity contribution >= 4 is 0 Å². The van der Waals surface area contributed by atoms with E-state index in [2.05, 4.69) is 27.7 Å². The van der Waals surface area contributed by atoms with E-state index in [4.69, 9.17) is 23.7 Å². The Morgan fingerprint density at radius 3 is 0.885 bits per heavy atom. The van der Waals surface area contributed by atoms with Gasteiger partial charge in [-0.3, -0.25) is 0 Å². The molecule has 0 aliphatic heterocycles. The molecule has 0 bridgehead atoms. The van der Waals surface area contributed by atoms with Crippen molar-refractivity contribution in [2.24, 2.45) is 11.8 Å². The zero-order chi connectivity index (χ0) is 18.6. The van der Waals surface area contributed by atoms with Crippen molar-refractivity contribution in [2.75, 3.05) is 66.1 Å². The van der Waals surface area contributed by atoms with Crippen LogP contribution < -0.4 is 0 Å². The van der Waals surface area contributed by atoms with Crippen LogP contribution in [0.2, 0.25) is 0 Å². The lowest BCUT2D eigenvalue weighted by Gasteiger charge is -2.08. The average molecular weight is 379 g/mol. The molecule has 0 unspecified atom stereocenters. The Hall–Kier alpha value is -0.200. The largest absolute Gasteiger partial charge is 0.379 e. The maximum atomic E-state index is 5.51. The molecular weight excluding hydrogens is 332 g/mol. The first-order chi connectivity index (χ1) is 12.1. The Balaban J connectivity index is 0. The lowest BCUT2D eigenvalue weighted by molar-refractivity contribution is -0.0116. The molecule has 5 nitrogen and oxygen atoms in total. The van der Waals surface area contributed by atoms with Crippen LogP contribution >= 0.6 is 0 Å². The van der Waals surface area contributed by atoms with E-state index in [-0.39, 0.29) is 7.43 Å². The van der Waals surface area contributed by atoms with Crippen molar-refractivity contribution in [3.8, 4) is 0 Å². The van der Waals surface area contributed by atoms with Crippen LogP contribution in [0.3, 0.4) is 0 Å². The molecule has 0 saturated heterocycles. The Morgan fingerprint density at radius 2 is 0.654 bits per heavy atom. The van der Waals surface area contributed by atoms with Gasteiger partial charge in [0.1, 0.15) is 0 Å². The lowest BCUT2D eigenvalue weighted by Crippen LogP contribution is -2.13. The smallest absolute Gasteiger partial charge is 0.0701 e. The summed E-state index contributed by atoms with van der Waals surface area (Å²) >= 11 is 0. The van der Waals surface area contributed by atoms with Gasteiger partial charge in [0, 0.05) is 13.2 Å². The summed E-state index contributed by atoms with van der Waals surface area (Å²) in [5.74, 6) is 1.51. The fourth-order valence-electron chi connectivity index (χ4n) is 2.17. The van der Waals surface area contributed by atoms with Crippen LogP contribution in [-0.2, 0) is 23.7 Å². The van der Waals surface area contributed by atoms with E-state index >= 15 is 0 Å². The number of hydrogen-bond acceptors (Lipinski definition) is 5. The van der Waals surface area contributed by atoms with Crippen molar-refractivity contribution in [2.45, 2.75) is 60.8 Å². The molecule has 0 N–H and O–H groups in total. The highest BCUT2D eigenvalue weighted by atomic mass is 16.6. The second kappa shape index (κ2) is 22.8. The molecule has 0 aromatic heterocycles. The van der Waals surface area contributed by atoms with Gasteiger partial charge in [0.15, 0.2) is 0 Å². The van der Waals surface area contributed by atoms with Gasteiger partial charge in [-0.2, -0.15) is 0 Å². The van der Waals surface area contributed by atoms with Crippen molar-refractivity contribution in [1.82, 2.24) is 0 Å². The molecule has 5 heteroatoms. The first-order valence-corrected chi connectivity index (χ1v) is 10.0. The Bertz CT molecular complexity index is 223. The van der Waals surface area contributed by atoms with Crippen molar-refractivity contribution < 1.29 is 23.7 Å². The SMILES string of the molecule is C.CC(C)CCCOCCOCCOCCOCCOCCCC(C)C. The molecule has 160 valence electrons. The van der Waals surface area contributed by atoms with Gasteiger partial charge in [0.05, 0.1) is 52.9 Å². The average Bonchev–Trinajstić information content (AvgIpc) is 2.56. The predicted octanol–water partition coefficient (Wildman–Crippen LogP) is 4.58. The Morgan fingerprint density at radius 1 is 0.423 bits per heavy atom. The minimum absolute atomic E-state index is 0. The van der Waals surface area contributed by atoms with Crippen LogP contribution in [-0.4, -0.2) is 66.1 Å². The van der Waals surface area contributed by atoms with E-state index in [9.17, 15) is 0 Å². The van der Waals surface area contributed by atoms with Crippen molar-refractivity contribution in [3.63, 3.8) is 0 Å². The highest BCUT2D eigenvalue weighted by Gasteiger charge is 1.96. The predicted molar refractivity (Wildman–Crippen MR) is 109 cm³/mol. The topological polar surface area (TPSA) is 46.2 Å². The summed E-state index contributed by atoms with van der Waals surface area (Å²) in [6, 6.07) is 0. The molecule has 0 radical (unpaired) electrons. The Labute approximate surface area is 163 Å². The third-order valence-electron chi connectivity index (χ3n) is 3.63. The van der Waals surface area contributed by atoms with Crippen LogP contribution in [0.1, 0.15) is 60.8 Å². The van der Waals surface area contributed by atoms with Crippen LogP contribution in [0, 0.1) is 11.8 Å². The van der Waals surface area contributed by atoms with E-state index in [0.717, 1.165) is 37.9 Å². The fraction of sp³-hybridized carbons (Fsp3) is 1.00. The fourth-order valence-corrected chi connectivity index (χ4v) is 2.17. The third kappa shape index (κ3) is 26.0. The summed E-state index contributed by atoms with van der Waals surface area (Å²) in [5.41, 5.74) is 0. The van der Waals surface area contributed by atoms with E-state index < -0.39 is 0 Å². The summed E-state index contributed by atoms with van der Waals surface area (Å²) < 4.78 is 27.4. The molecule has 0 heterocycles. The molecule has 0 amide bonds. The number of rotatable bonds is 20. The molecule has 0 aromatic carbocycles. The molecule has 26 heavy (non-hydrogen) atoms. The molecule has 0 atom stereocenters. The first-order valence-electron chi connectivity index (χ1n) is 10.0. The van der Waals surface area contributed by atoms with E-state index in [1.54, 1.807) is 0 Å². The van der Waals surface area contributed by atoms with Crippen molar-refractivity contribution in [3.05, 3.63) is 0 Å². The van der Waals surface area contributed by atoms with Gasteiger partial charge in [0.25, 0.3) is 0 Å². The van der Waals surface area contributed by atoms with E-state index in [0.29, 0.717) is 52.9 Å². The quantitative estimate of drug-likeness (QED) is 0.290. The van der Waals surface area contributed by atoms with Gasteiger partial charge in [-0.05, 0) is 37.5 Å². The summed E-state index contributed by atoms with van der Waals surface area (Å²) in [7, 11) is 0. The monoisotopic (exact) mass is 378 g/mol. The van der Waals surface area contributed by atoms with Crippen molar-refractivity contribution in [1.29, 1.82) is 0 Å². The van der Waals surface area contributed by atoms with Gasteiger partial charge < -0.3 is 23.7 Å². The number of hydrogen-bond donors (Lipinski definition) is 0. The maximum Gasteiger partial charge on any atom is 0.0701 e. The van der Waals surface area contributed by atoms with Gasteiger partial charge in [-0.25, -0.2) is 0 Å². The standard InChI is InChI=1S/C20H42O5.CH4/c1-19(2)7-5-9-21-11-13-23-15-17-25-18-16-24-14-12-22-10-6-8-20(3)4;/h19-20H,5-18H2,1-4H3;1H4. The molecule has 0 fully saturated rings. The lowest BCUT2D eigenvalue weighted by atomic mass is 10.1. The maximum absolute atomic E-state index is 5.51. The minimum atomic E-state index is 0. The van der Waals surface area contributed by atoms with Crippen LogP contribution in [0.4, 0.5) is 0 Å². The molecule has 0 aliphatic rings. The zero-order valence-electron chi connectivity index (χ0n) is 17.1. The second-order valence-electron chi connectivity index (χ2n) is 7.13. The van der Waals surface area contributed by atoms with Gasteiger partial charge >= 0.3 is 0 Å². The van der Waals surface area contributed by atoms with Gasteiger partial charge in [-0.15, -0.1) is 0 Å². The van der Waals surface area contributed by atoms with Crippen LogP contribution in [0.25, 0.3) is 0 Å². The van der Waals surface area contributed by atoms with Gasteiger partial charge in [-0.1, -0.05) is 35.1 Å². The molecule has 0 spiro atoms. The molecule has 0 aromatic rings. The summed E-state index contributed by atoms with van der Waals surface area (Å²) in [5, 5.41) is 0. The van der Waals surface area contributed by atoms with E-state index in [1.165, 1.54) is 12.8 Å².